The molecule has 31 heavy (non-hydrogen) atoms. The number of nitrogens with zero attached hydrogens (tertiary/aromatic N) is 1. The van der Waals surface area contributed by atoms with Gasteiger partial charge >= 0.3 is 0 Å². The van der Waals surface area contributed by atoms with E-state index in [1.54, 1.807) is 13.0 Å². The first-order chi connectivity index (χ1) is 14.6. The van der Waals surface area contributed by atoms with Crippen molar-refractivity contribution in [3.05, 3.63) is 62.6 Å². The number of halogens is 2. The van der Waals surface area contributed by atoms with E-state index in [0.717, 1.165) is 21.2 Å². The summed E-state index contributed by atoms with van der Waals surface area (Å²) < 4.78 is 6.80. The monoisotopic (exact) mass is 508 g/mol. The van der Waals surface area contributed by atoms with Gasteiger partial charge in [0.1, 0.15) is 11.8 Å². The fourth-order valence-electron chi connectivity index (χ4n) is 3.06. The molecule has 0 bridgehead atoms. The highest BCUT2D eigenvalue weighted by atomic mass is 79.9. The SMILES string of the molecule is Cc1cc(OCC(=O)N(Cc2ccccc2Cl)[C@@H](C)C(=O)NCC(C)C)cc(C)c1Br. The Morgan fingerprint density at radius 2 is 1.74 bits per heavy atom. The number of carbonyl (C=O) groups excluding carboxylic acids is 2. The third-order valence-corrected chi connectivity index (χ3v) is 6.54. The number of carbonyl (C=O) groups is 2. The van der Waals surface area contributed by atoms with Gasteiger partial charge in [-0.15, -0.1) is 0 Å². The number of hydrogen-bond acceptors (Lipinski definition) is 3. The molecule has 2 rings (SSSR count). The topological polar surface area (TPSA) is 58.6 Å². The maximum Gasteiger partial charge on any atom is 0.261 e. The van der Waals surface area contributed by atoms with Crippen LogP contribution in [0.1, 0.15) is 37.5 Å². The van der Waals surface area contributed by atoms with Crippen LogP contribution in [0.3, 0.4) is 0 Å². The van der Waals surface area contributed by atoms with E-state index in [0.29, 0.717) is 23.2 Å². The van der Waals surface area contributed by atoms with Gasteiger partial charge in [-0.05, 0) is 61.6 Å². The van der Waals surface area contributed by atoms with E-state index in [1.807, 2.05) is 58.0 Å². The molecular weight excluding hydrogens is 480 g/mol. The highest BCUT2D eigenvalue weighted by molar-refractivity contribution is 9.10. The van der Waals surface area contributed by atoms with Crippen LogP contribution in [0.4, 0.5) is 0 Å². The van der Waals surface area contributed by atoms with Gasteiger partial charge in [0.05, 0.1) is 0 Å². The molecule has 7 heteroatoms. The quantitative estimate of drug-likeness (QED) is 0.500. The van der Waals surface area contributed by atoms with Crippen molar-refractivity contribution < 1.29 is 14.3 Å². The van der Waals surface area contributed by atoms with E-state index in [1.165, 1.54) is 4.90 Å². The van der Waals surface area contributed by atoms with Crippen LogP contribution in [-0.2, 0) is 16.1 Å². The molecule has 0 fully saturated rings. The van der Waals surface area contributed by atoms with E-state index in [-0.39, 0.29) is 25.0 Å². The fraction of sp³-hybridized carbons (Fsp3) is 0.417. The number of hydrogen-bond donors (Lipinski definition) is 1. The van der Waals surface area contributed by atoms with Crippen LogP contribution in [0.5, 0.6) is 5.75 Å². The molecule has 168 valence electrons. The summed E-state index contributed by atoms with van der Waals surface area (Å²) in [6.07, 6.45) is 0. The predicted molar refractivity (Wildman–Crippen MR) is 128 cm³/mol. The van der Waals surface area contributed by atoms with Crippen molar-refractivity contribution in [2.24, 2.45) is 5.92 Å². The maximum absolute atomic E-state index is 13.1. The van der Waals surface area contributed by atoms with Crippen molar-refractivity contribution in [1.29, 1.82) is 0 Å². The summed E-state index contributed by atoms with van der Waals surface area (Å²) in [7, 11) is 0. The second kappa shape index (κ2) is 11.5. The molecule has 1 N–H and O–H groups in total. The smallest absolute Gasteiger partial charge is 0.261 e. The van der Waals surface area contributed by atoms with Gasteiger partial charge in [-0.25, -0.2) is 0 Å². The average molecular weight is 510 g/mol. The highest BCUT2D eigenvalue weighted by Gasteiger charge is 2.27. The lowest BCUT2D eigenvalue weighted by Gasteiger charge is -2.29. The van der Waals surface area contributed by atoms with E-state index >= 15 is 0 Å². The van der Waals surface area contributed by atoms with Crippen LogP contribution in [-0.4, -0.2) is 35.9 Å². The molecule has 0 aliphatic carbocycles. The molecule has 0 aliphatic heterocycles. The van der Waals surface area contributed by atoms with Gasteiger partial charge in [0.15, 0.2) is 6.61 Å². The first kappa shape index (κ1) is 25.2. The van der Waals surface area contributed by atoms with Gasteiger partial charge in [0, 0.05) is 22.6 Å². The normalized spacial score (nSPS) is 11.9. The molecule has 0 saturated carbocycles. The predicted octanol–water partition coefficient (Wildman–Crippen LogP) is 5.29. The number of rotatable bonds is 9. The minimum Gasteiger partial charge on any atom is -0.484 e. The fourth-order valence-corrected chi connectivity index (χ4v) is 3.49. The first-order valence-electron chi connectivity index (χ1n) is 10.3. The van der Waals surface area contributed by atoms with Gasteiger partial charge in [-0.2, -0.15) is 0 Å². The Kier molecular flexibility index (Phi) is 9.38. The summed E-state index contributed by atoms with van der Waals surface area (Å²) in [4.78, 5) is 27.3. The lowest BCUT2D eigenvalue weighted by Crippen LogP contribution is -2.49. The molecule has 1 atom stereocenters. The summed E-state index contributed by atoms with van der Waals surface area (Å²) in [5.41, 5.74) is 2.82. The molecule has 5 nitrogen and oxygen atoms in total. The molecule has 2 aromatic carbocycles. The standard InChI is InChI=1S/C24H30BrClN2O3/c1-15(2)12-27-24(30)18(5)28(13-19-8-6-7-9-21(19)26)22(29)14-31-20-10-16(3)23(25)17(4)11-20/h6-11,15,18H,12-14H2,1-5H3,(H,27,30)/t18-/m0/s1. The van der Waals surface area contributed by atoms with Crippen molar-refractivity contribution in [3.63, 3.8) is 0 Å². The lowest BCUT2D eigenvalue weighted by atomic mass is 10.1. The van der Waals surface area contributed by atoms with E-state index < -0.39 is 6.04 Å². The molecule has 0 spiro atoms. The van der Waals surface area contributed by atoms with Gasteiger partial charge in [-0.1, -0.05) is 59.6 Å². The summed E-state index contributed by atoms with van der Waals surface area (Å²) in [6.45, 7) is 10.3. The van der Waals surface area contributed by atoms with Crippen LogP contribution < -0.4 is 10.1 Å². The molecule has 2 amide bonds. The minimum absolute atomic E-state index is 0.174. The molecular formula is C24H30BrClN2O3. The maximum atomic E-state index is 13.1. The Bertz CT molecular complexity index is 910. The largest absolute Gasteiger partial charge is 0.484 e. The molecule has 0 unspecified atom stereocenters. The Labute approximate surface area is 198 Å². The summed E-state index contributed by atoms with van der Waals surface area (Å²) in [6, 6.07) is 10.4. The molecule has 2 aromatic rings. The van der Waals surface area contributed by atoms with Crippen molar-refractivity contribution in [2.75, 3.05) is 13.2 Å². The molecule has 0 aliphatic rings. The van der Waals surface area contributed by atoms with Crippen molar-refractivity contribution in [2.45, 2.75) is 47.2 Å². The molecule has 0 aromatic heterocycles. The van der Waals surface area contributed by atoms with Crippen LogP contribution in [0.25, 0.3) is 0 Å². The summed E-state index contributed by atoms with van der Waals surface area (Å²) >= 11 is 9.84. The highest BCUT2D eigenvalue weighted by Crippen LogP contribution is 2.26. The number of ether oxygens (including phenoxy) is 1. The van der Waals surface area contributed by atoms with E-state index in [4.69, 9.17) is 16.3 Å². The number of aryl methyl sites for hydroxylation is 2. The van der Waals surface area contributed by atoms with Crippen molar-refractivity contribution in [1.82, 2.24) is 10.2 Å². The van der Waals surface area contributed by atoms with Crippen molar-refractivity contribution >= 4 is 39.3 Å². The van der Waals surface area contributed by atoms with Crippen LogP contribution in [0.15, 0.2) is 40.9 Å². The number of amides is 2. The zero-order valence-corrected chi connectivity index (χ0v) is 21.0. The van der Waals surface area contributed by atoms with Crippen LogP contribution in [0.2, 0.25) is 5.02 Å². The Morgan fingerprint density at radius 1 is 1.13 bits per heavy atom. The van der Waals surface area contributed by atoms with Crippen LogP contribution in [0, 0.1) is 19.8 Å². The summed E-state index contributed by atoms with van der Waals surface area (Å²) in [5, 5.41) is 3.45. The third-order valence-electron chi connectivity index (χ3n) is 4.92. The number of nitrogens with one attached hydrogen (secondary N) is 1. The van der Waals surface area contributed by atoms with Gasteiger partial charge < -0.3 is 15.0 Å². The first-order valence-corrected chi connectivity index (χ1v) is 11.5. The zero-order valence-electron chi connectivity index (χ0n) is 18.7. The zero-order chi connectivity index (χ0) is 23.1. The van der Waals surface area contributed by atoms with Crippen molar-refractivity contribution in [3.8, 4) is 5.75 Å². The lowest BCUT2D eigenvalue weighted by molar-refractivity contribution is -0.142. The molecule has 0 saturated heterocycles. The van der Waals surface area contributed by atoms with Gasteiger partial charge in [0.2, 0.25) is 5.91 Å². The third kappa shape index (κ3) is 7.25. The van der Waals surface area contributed by atoms with Gasteiger partial charge in [0.25, 0.3) is 5.91 Å². The Balaban J connectivity index is 2.19. The van der Waals surface area contributed by atoms with Crippen LogP contribution >= 0.6 is 27.5 Å². The second-order valence-corrected chi connectivity index (χ2v) is 9.29. The number of benzene rings is 2. The molecule has 0 heterocycles. The second-order valence-electron chi connectivity index (χ2n) is 8.09. The Hall–Kier alpha value is -2.05. The average Bonchev–Trinajstić information content (AvgIpc) is 2.72. The summed E-state index contributed by atoms with van der Waals surface area (Å²) in [5.74, 6) is 0.437. The van der Waals surface area contributed by atoms with Gasteiger partial charge in [-0.3, -0.25) is 9.59 Å². The van der Waals surface area contributed by atoms with E-state index in [2.05, 4.69) is 21.2 Å². The Morgan fingerprint density at radius 3 is 2.32 bits per heavy atom. The molecule has 0 radical (unpaired) electrons. The minimum atomic E-state index is -0.667. The van der Waals surface area contributed by atoms with E-state index in [9.17, 15) is 9.59 Å².